The van der Waals surface area contributed by atoms with E-state index in [2.05, 4.69) is 49.5 Å². The van der Waals surface area contributed by atoms with Gasteiger partial charge in [-0.1, -0.05) is 114 Å². The van der Waals surface area contributed by atoms with Gasteiger partial charge in [0.2, 0.25) is 53.4 Å². The van der Waals surface area contributed by atoms with E-state index in [0.717, 1.165) is 81.0 Å². The van der Waals surface area contributed by atoms with Gasteiger partial charge in [-0.05, 0) is 137 Å². The second-order valence-electron chi connectivity index (χ2n) is 33.7. The van der Waals surface area contributed by atoms with Crippen molar-refractivity contribution in [3.05, 3.63) is 117 Å². The predicted octanol–water partition coefficient (Wildman–Crippen LogP) is 3.70. The summed E-state index contributed by atoms with van der Waals surface area (Å²) in [5.74, 6) is -15.3. The highest BCUT2D eigenvalue weighted by Gasteiger charge is 2.53. The molecule has 0 saturated carbocycles. The first-order chi connectivity index (χ1) is 58.8. The van der Waals surface area contributed by atoms with Crippen LogP contribution >= 0.6 is 11.6 Å². The number of aliphatic hydroxyl groups excluding tert-OH is 6. The molecule has 0 radical (unpaired) electrons. The molecule has 8 aliphatic heterocycles. The summed E-state index contributed by atoms with van der Waals surface area (Å²) in [6, 6.07) is 1.01. The lowest BCUT2D eigenvalue weighted by Crippen LogP contribution is -2.64. The number of carboxylic acid groups (broad SMARTS) is 1. The van der Waals surface area contributed by atoms with Gasteiger partial charge in [0.1, 0.15) is 89.5 Å². The van der Waals surface area contributed by atoms with Gasteiger partial charge >= 0.3 is 5.97 Å². The molecule has 11 bridgehead atoms. The molecule has 1 unspecified atom stereocenters. The summed E-state index contributed by atoms with van der Waals surface area (Å²) in [6.45, 7) is 11.0. The van der Waals surface area contributed by atoms with E-state index in [9.17, 15) is 65.4 Å². The molecule has 3 fully saturated rings. The number of benzene rings is 5. The summed E-state index contributed by atoms with van der Waals surface area (Å²) in [6.07, 6.45) is -12.0. The van der Waals surface area contributed by atoms with Crippen molar-refractivity contribution in [3.8, 4) is 57.1 Å². The van der Waals surface area contributed by atoms with Gasteiger partial charge in [0, 0.05) is 47.2 Å². The Bertz CT molecular complexity index is 4660. The third-order valence-corrected chi connectivity index (χ3v) is 23.7. The predicted molar refractivity (Wildman–Crippen MR) is 444 cm³/mol. The SMILES string of the molecule is CCCCCCCCCCCCNCc1c(O)cc2c(c1O)-c1cc(ccc1O)[C@H]1NC(=O)[C@@H]3NC(=O)[C@H](CC(N)=O)NC(=O)[C@H](NC(=O)[C@@H](CC(C)C)NC)[C@H](O)c4ccc(c(Cl)c4)Oc4cc3cc(c4OC3O[C@H](CO)[C@@H](O)[C@H](O)[C@H]3O[C@H]3C[C@](C)(N)[C@@H](O)[C@H](C)O3)Oc3ccc(cc3)[C@@H](O[C@H]3C[C@](C)(N)[C@@H](O)[C@H](C)O3)[C@H](NC1=O)C(=O)N[C@@H]2C(=O)O. The third kappa shape index (κ3) is 22.2. The Balaban J connectivity index is 1.14. The van der Waals surface area contributed by atoms with Gasteiger partial charge in [-0.2, -0.15) is 0 Å². The lowest BCUT2D eigenvalue weighted by molar-refractivity contribution is -0.333. The van der Waals surface area contributed by atoms with Crippen LogP contribution in [0.25, 0.3) is 11.1 Å². The number of likely N-dealkylation sites (N-methyl/N-ethyl adjacent to an activating group) is 1. The Morgan fingerprint density at radius 1 is 0.653 bits per heavy atom. The molecule has 37 nitrogen and oxygen atoms in total. The Morgan fingerprint density at radius 3 is 1.84 bits per heavy atom. The number of phenolic OH excluding ortho intramolecular Hbond substituents is 3. The van der Waals surface area contributed by atoms with Crippen LogP contribution in [0.2, 0.25) is 5.02 Å². The molecule has 8 aliphatic rings. The maximum absolute atomic E-state index is 16.6. The minimum absolute atomic E-state index is 0.0374. The van der Waals surface area contributed by atoms with E-state index < -0.39 is 250 Å². The van der Waals surface area contributed by atoms with E-state index >= 15 is 24.0 Å². The highest BCUT2D eigenvalue weighted by molar-refractivity contribution is 6.32. The van der Waals surface area contributed by atoms with Crippen LogP contribution in [0.4, 0.5) is 0 Å². The van der Waals surface area contributed by atoms with Gasteiger partial charge in [0.15, 0.2) is 36.2 Å². The first kappa shape index (κ1) is 95.0. The van der Waals surface area contributed by atoms with Gasteiger partial charge in [0.05, 0.1) is 54.1 Å². The Kier molecular flexibility index (Phi) is 31.6. The molecule has 3 saturated heterocycles. The van der Waals surface area contributed by atoms with Crippen LogP contribution in [0.1, 0.15) is 202 Å². The molecule has 124 heavy (non-hydrogen) atoms. The normalized spacial score (nSPS) is 30.0. The number of aromatic hydroxyl groups is 3. The number of nitrogens with two attached hydrogens (primary N) is 3. The van der Waals surface area contributed by atoms with Crippen molar-refractivity contribution in [1.82, 2.24) is 42.5 Å². The van der Waals surface area contributed by atoms with Crippen molar-refractivity contribution >= 4 is 58.9 Å². The van der Waals surface area contributed by atoms with E-state index in [1.165, 1.54) is 90.4 Å². The molecule has 7 amide bonds. The first-order valence-electron chi connectivity index (χ1n) is 41.9. The quantitative estimate of drug-likeness (QED) is 0.0317. The van der Waals surface area contributed by atoms with Crippen molar-refractivity contribution in [3.63, 3.8) is 0 Å². The van der Waals surface area contributed by atoms with Crippen LogP contribution in [-0.2, 0) is 68.6 Å². The van der Waals surface area contributed by atoms with Crippen LogP contribution in [-0.4, -0.2) is 222 Å². The van der Waals surface area contributed by atoms with E-state index in [-0.39, 0.29) is 70.5 Å². The largest absolute Gasteiger partial charge is 0.507 e. The van der Waals surface area contributed by atoms with E-state index in [1.807, 2.05) is 13.8 Å². The number of unbranched alkanes of at least 4 members (excludes halogenated alkanes) is 9. The fourth-order valence-corrected chi connectivity index (χ4v) is 16.6. The summed E-state index contributed by atoms with van der Waals surface area (Å²) in [7, 11) is 1.48. The molecular weight excluding hydrogens is 1640 g/mol. The average Bonchev–Trinajstić information content (AvgIpc) is 0.749. The summed E-state index contributed by atoms with van der Waals surface area (Å²) in [5.41, 5.74) is 13.7. The van der Waals surface area contributed by atoms with Crippen molar-refractivity contribution in [2.45, 2.75) is 278 Å². The Hall–Kier alpha value is -9.65. The third-order valence-electron chi connectivity index (χ3n) is 23.4. The van der Waals surface area contributed by atoms with Crippen molar-refractivity contribution < 1.29 is 127 Å². The van der Waals surface area contributed by atoms with E-state index in [4.69, 9.17) is 66.7 Å². The van der Waals surface area contributed by atoms with E-state index in [0.29, 0.717) is 13.0 Å². The minimum Gasteiger partial charge on any atom is -0.507 e. The molecule has 38 heteroatoms. The summed E-state index contributed by atoms with van der Waals surface area (Å²) in [4.78, 5) is 122. The Morgan fingerprint density at radius 2 is 1.24 bits per heavy atom. The van der Waals surface area contributed by atoms with Crippen LogP contribution in [0.3, 0.4) is 0 Å². The number of halogens is 1. The van der Waals surface area contributed by atoms with Gasteiger partial charge in [-0.15, -0.1) is 0 Å². The van der Waals surface area contributed by atoms with E-state index in [1.54, 1.807) is 0 Å². The number of ether oxygens (including phenoxy) is 8. The maximum atomic E-state index is 16.6. The minimum atomic E-state index is -2.36. The number of fused-ring (bicyclic) bond motifs is 15. The number of hydrogen-bond donors (Lipinski definition) is 21. The van der Waals surface area contributed by atoms with Gasteiger partial charge in [-0.3, -0.25) is 33.6 Å². The van der Waals surface area contributed by atoms with Crippen molar-refractivity contribution in [2.24, 2.45) is 23.1 Å². The highest BCUT2D eigenvalue weighted by atomic mass is 35.5. The van der Waals surface area contributed by atoms with Crippen LogP contribution in [0.15, 0.2) is 78.9 Å². The van der Waals surface area contributed by atoms with Gasteiger partial charge < -0.3 is 149 Å². The zero-order valence-corrected chi connectivity index (χ0v) is 71.0. The monoisotopic (exact) mass is 1750 g/mol. The maximum Gasteiger partial charge on any atom is 0.330 e. The fourth-order valence-electron chi connectivity index (χ4n) is 16.4. The number of carbonyl (C=O) groups excluding carboxylic acids is 7. The molecular formula is C86H116ClN11O26. The molecule has 24 N–H and O–H groups in total. The smallest absolute Gasteiger partial charge is 0.330 e. The van der Waals surface area contributed by atoms with Gasteiger partial charge in [0.25, 0.3) is 0 Å². The molecule has 0 spiro atoms. The molecule has 13 rings (SSSR count). The number of aliphatic hydroxyl groups is 6. The molecule has 8 heterocycles. The lowest BCUT2D eigenvalue weighted by Gasteiger charge is -2.47. The molecule has 5 aromatic rings. The zero-order chi connectivity index (χ0) is 90.1. The topological polar surface area (TPSA) is 587 Å². The second-order valence-corrected chi connectivity index (χ2v) is 34.2. The number of carboxylic acids is 1. The number of primary amides is 1. The fraction of sp³-hybridized carbons (Fsp3) is 0.558. The molecule has 678 valence electrons. The lowest BCUT2D eigenvalue weighted by atomic mass is 9.86. The van der Waals surface area contributed by atoms with Crippen LogP contribution in [0, 0.1) is 5.92 Å². The summed E-state index contributed by atoms with van der Waals surface area (Å²) >= 11 is 7.20. The molecule has 0 aliphatic carbocycles. The standard InChI is InChI=1S/C86H116ClN11O26/c1-9-10-11-12-13-14-15-16-17-18-27-92-37-49-54(101)33-48-62(69(49)104)47-29-43(21-25-53(47)100)63-79(111)98-67(82(114)96-65(48)83(115)116)72(122-60-35-85(6,89)75(107)40(4)117-60)42-19-23-46(24-20-42)119-56-31-45-32-57(73(56)124-84-74(71(106)70(105)58(38-99)121-84)123-61-36-86(7,90)76(108)41(5)118-61)120-55-26-22-44(30-50(55)87)68(103)66(97-77(109)51(91-8)28-39(2)3)81(113)93-52(34-59(88)102)78(110)94-64(45)80(112)95-63/h19-26,29-33,39-41,51-52,58,60-61,63-68,70-72,74-76,84,91-92,99-101,103-108H,9-18,27-28,34-38,89-90H2,1-8H3,(H2,88,102)(H,93,113)(H,94,110)(H,95,112)(H,96,114)(H,97,109)(H,98,111)(H,115,116)/t40-,41-,51+,52-,58+,60-,61-,63+,64+,65-,66+,67-,68+,70+,71-,72+,74+,75-,76-,84?,85-,86-/m0/s1. The number of amides is 7. The zero-order valence-electron chi connectivity index (χ0n) is 70.3. The summed E-state index contributed by atoms with van der Waals surface area (Å²) in [5, 5.41) is 139. The number of nitrogens with one attached hydrogen (secondary N) is 8. The van der Waals surface area contributed by atoms with Crippen molar-refractivity contribution in [2.75, 3.05) is 20.2 Å². The summed E-state index contributed by atoms with van der Waals surface area (Å²) < 4.78 is 52.2. The number of aliphatic carboxylic acids is 1. The molecule has 5 aromatic carbocycles. The number of hydrogen-bond acceptors (Lipinski definition) is 29. The average molecular weight is 1760 g/mol. The number of rotatable bonds is 28. The number of phenols is 3. The molecule has 0 aromatic heterocycles. The second kappa shape index (κ2) is 41.2. The molecule has 22 atom stereocenters. The highest BCUT2D eigenvalue weighted by Crippen LogP contribution is 2.51. The Labute approximate surface area is 721 Å². The van der Waals surface area contributed by atoms with Crippen LogP contribution in [0.5, 0.6) is 46.0 Å². The van der Waals surface area contributed by atoms with Crippen LogP contribution < -0.4 is 73.9 Å². The first-order valence-corrected chi connectivity index (χ1v) is 42.3. The number of carbonyl (C=O) groups is 8. The van der Waals surface area contributed by atoms with Crippen molar-refractivity contribution in [1.29, 1.82) is 0 Å². The van der Waals surface area contributed by atoms with Gasteiger partial charge in [-0.25, -0.2) is 4.79 Å².